The standard InChI is InChI=1S/C10H14N2O3/c1-7(2)15-10(14)8(13)6-9-11-4-3-5-12-9/h3-5,7-8,13H,6H2,1-2H3/t8-/m0/s1. The van der Waals surface area contributed by atoms with E-state index in [1.807, 2.05) is 0 Å². The Morgan fingerprint density at radius 1 is 1.47 bits per heavy atom. The molecule has 1 atom stereocenters. The molecule has 0 amide bonds. The monoisotopic (exact) mass is 210 g/mol. The second kappa shape index (κ2) is 5.41. The maximum absolute atomic E-state index is 11.2. The summed E-state index contributed by atoms with van der Waals surface area (Å²) < 4.78 is 4.84. The van der Waals surface area contributed by atoms with Crippen molar-refractivity contribution in [2.24, 2.45) is 0 Å². The van der Waals surface area contributed by atoms with Crippen LogP contribution in [0.25, 0.3) is 0 Å². The molecular formula is C10H14N2O3. The highest BCUT2D eigenvalue weighted by Gasteiger charge is 2.19. The van der Waals surface area contributed by atoms with Crippen LogP contribution in [0.5, 0.6) is 0 Å². The Kier molecular flexibility index (Phi) is 4.17. The smallest absolute Gasteiger partial charge is 0.335 e. The number of ether oxygens (including phenoxy) is 1. The predicted molar refractivity (Wildman–Crippen MR) is 53.0 cm³/mol. The van der Waals surface area contributed by atoms with E-state index in [1.54, 1.807) is 32.3 Å². The molecule has 5 heteroatoms. The van der Waals surface area contributed by atoms with Gasteiger partial charge in [0.25, 0.3) is 0 Å². The molecule has 0 aliphatic rings. The van der Waals surface area contributed by atoms with Crippen molar-refractivity contribution in [2.75, 3.05) is 0 Å². The van der Waals surface area contributed by atoms with E-state index in [0.29, 0.717) is 5.82 Å². The average molecular weight is 210 g/mol. The summed E-state index contributed by atoms with van der Waals surface area (Å²) in [5.41, 5.74) is 0. The van der Waals surface area contributed by atoms with Crippen LogP contribution in [-0.4, -0.2) is 33.3 Å². The molecule has 1 aromatic heterocycles. The van der Waals surface area contributed by atoms with Crippen molar-refractivity contribution in [2.45, 2.75) is 32.5 Å². The fourth-order valence-corrected chi connectivity index (χ4v) is 1.00. The summed E-state index contributed by atoms with van der Waals surface area (Å²) in [6, 6.07) is 1.67. The van der Waals surface area contributed by atoms with Gasteiger partial charge in [0.15, 0.2) is 6.10 Å². The first-order chi connectivity index (χ1) is 7.09. The van der Waals surface area contributed by atoms with Gasteiger partial charge in [0, 0.05) is 18.8 Å². The molecule has 1 aromatic rings. The van der Waals surface area contributed by atoms with Crippen LogP contribution >= 0.6 is 0 Å². The van der Waals surface area contributed by atoms with Gasteiger partial charge in [0.1, 0.15) is 5.82 Å². The van der Waals surface area contributed by atoms with Crippen LogP contribution in [0.2, 0.25) is 0 Å². The molecule has 0 saturated heterocycles. The molecule has 0 bridgehead atoms. The zero-order valence-electron chi connectivity index (χ0n) is 8.75. The Morgan fingerprint density at radius 3 is 2.60 bits per heavy atom. The lowest BCUT2D eigenvalue weighted by Crippen LogP contribution is -2.28. The van der Waals surface area contributed by atoms with Crippen molar-refractivity contribution in [1.82, 2.24) is 9.97 Å². The second-order valence-corrected chi connectivity index (χ2v) is 3.37. The van der Waals surface area contributed by atoms with Crippen molar-refractivity contribution < 1.29 is 14.6 Å². The maximum atomic E-state index is 11.2. The summed E-state index contributed by atoms with van der Waals surface area (Å²) in [4.78, 5) is 19.0. The summed E-state index contributed by atoms with van der Waals surface area (Å²) >= 11 is 0. The fourth-order valence-electron chi connectivity index (χ4n) is 1.00. The molecule has 82 valence electrons. The van der Waals surface area contributed by atoms with Crippen LogP contribution in [0.1, 0.15) is 19.7 Å². The summed E-state index contributed by atoms with van der Waals surface area (Å²) in [5.74, 6) is -0.219. The van der Waals surface area contributed by atoms with Crippen molar-refractivity contribution in [1.29, 1.82) is 0 Å². The number of aliphatic hydroxyl groups is 1. The highest BCUT2D eigenvalue weighted by Crippen LogP contribution is 2.00. The van der Waals surface area contributed by atoms with E-state index in [-0.39, 0.29) is 12.5 Å². The highest BCUT2D eigenvalue weighted by molar-refractivity contribution is 5.74. The molecule has 0 saturated carbocycles. The van der Waals surface area contributed by atoms with Gasteiger partial charge in [-0.2, -0.15) is 0 Å². The fraction of sp³-hybridized carbons (Fsp3) is 0.500. The van der Waals surface area contributed by atoms with Gasteiger partial charge in [-0.1, -0.05) is 0 Å². The molecule has 0 aliphatic carbocycles. The van der Waals surface area contributed by atoms with Gasteiger partial charge in [0.2, 0.25) is 0 Å². The number of esters is 1. The van der Waals surface area contributed by atoms with E-state index in [9.17, 15) is 9.90 Å². The van der Waals surface area contributed by atoms with E-state index in [0.717, 1.165) is 0 Å². The molecule has 0 fully saturated rings. The molecule has 0 aromatic carbocycles. The zero-order chi connectivity index (χ0) is 11.3. The third kappa shape index (κ3) is 4.03. The maximum Gasteiger partial charge on any atom is 0.335 e. The number of hydrogen-bond acceptors (Lipinski definition) is 5. The van der Waals surface area contributed by atoms with Gasteiger partial charge in [-0.3, -0.25) is 0 Å². The Bertz CT molecular complexity index is 314. The van der Waals surface area contributed by atoms with E-state index >= 15 is 0 Å². The third-order valence-electron chi connectivity index (χ3n) is 1.62. The number of rotatable bonds is 4. The Balaban J connectivity index is 2.49. The molecule has 15 heavy (non-hydrogen) atoms. The van der Waals surface area contributed by atoms with Gasteiger partial charge in [-0.05, 0) is 19.9 Å². The summed E-state index contributed by atoms with van der Waals surface area (Å²) in [6.45, 7) is 3.45. The van der Waals surface area contributed by atoms with E-state index in [4.69, 9.17) is 4.74 Å². The van der Waals surface area contributed by atoms with Crippen LogP contribution in [0.3, 0.4) is 0 Å². The SMILES string of the molecule is CC(C)OC(=O)[C@@H](O)Cc1ncccn1. The van der Waals surface area contributed by atoms with Gasteiger partial charge < -0.3 is 9.84 Å². The van der Waals surface area contributed by atoms with Crippen LogP contribution in [-0.2, 0) is 16.0 Å². The second-order valence-electron chi connectivity index (χ2n) is 3.37. The first-order valence-electron chi connectivity index (χ1n) is 4.74. The number of hydrogen-bond donors (Lipinski definition) is 1. The van der Waals surface area contributed by atoms with Crippen molar-refractivity contribution in [3.05, 3.63) is 24.3 Å². The average Bonchev–Trinajstić information content (AvgIpc) is 2.18. The third-order valence-corrected chi connectivity index (χ3v) is 1.62. The number of aromatic nitrogens is 2. The Morgan fingerprint density at radius 2 is 2.07 bits per heavy atom. The number of aliphatic hydroxyl groups excluding tert-OH is 1. The van der Waals surface area contributed by atoms with Gasteiger partial charge in [0.05, 0.1) is 6.10 Å². The van der Waals surface area contributed by atoms with Crippen LogP contribution in [0.15, 0.2) is 18.5 Å². The number of carbonyl (C=O) groups excluding carboxylic acids is 1. The van der Waals surface area contributed by atoms with Crippen LogP contribution in [0, 0.1) is 0 Å². The van der Waals surface area contributed by atoms with Crippen molar-refractivity contribution >= 4 is 5.97 Å². The molecule has 0 unspecified atom stereocenters. The molecule has 5 nitrogen and oxygen atoms in total. The lowest BCUT2D eigenvalue weighted by molar-refractivity contribution is -0.157. The summed E-state index contributed by atoms with van der Waals surface area (Å²) in [5, 5.41) is 9.47. The first kappa shape index (κ1) is 11.6. The minimum Gasteiger partial charge on any atom is -0.461 e. The molecular weight excluding hydrogens is 196 g/mol. The lowest BCUT2D eigenvalue weighted by Gasteiger charge is -2.11. The quantitative estimate of drug-likeness (QED) is 0.725. The van der Waals surface area contributed by atoms with Gasteiger partial charge >= 0.3 is 5.97 Å². The molecule has 1 rings (SSSR count). The molecule has 1 N–H and O–H groups in total. The van der Waals surface area contributed by atoms with E-state index < -0.39 is 12.1 Å². The Hall–Kier alpha value is -1.49. The predicted octanol–water partition coefficient (Wildman–Crippen LogP) is 0.332. The van der Waals surface area contributed by atoms with E-state index in [1.165, 1.54) is 0 Å². The number of carbonyl (C=O) groups is 1. The minimum atomic E-state index is -1.20. The molecule has 1 heterocycles. The van der Waals surface area contributed by atoms with Gasteiger partial charge in [-0.25, -0.2) is 14.8 Å². The van der Waals surface area contributed by atoms with Crippen molar-refractivity contribution in [3.8, 4) is 0 Å². The Labute approximate surface area is 88.1 Å². The topological polar surface area (TPSA) is 72.3 Å². The largest absolute Gasteiger partial charge is 0.461 e. The zero-order valence-corrected chi connectivity index (χ0v) is 8.75. The molecule has 0 radical (unpaired) electrons. The number of nitrogens with zero attached hydrogens (tertiary/aromatic N) is 2. The van der Waals surface area contributed by atoms with E-state index in [2.05, 4.69) is 9.97 Å². The minimum absolute atomic E-state index is 0.0758. The lowest BCUT2D eigenvalue weighted by atomic mass is 10.2. The summed E-state index contributed by atoms with van der Waals surface area (Å²) in [7, 11) is 0. The van der Waals surface area contributed by atoms with Crippen molar-refractivity contribution in [3.63, 3.8) is 0 Å². The molecule has 0 aliphatic heterocycles. The van der Waals surface area contributed by atoms with Crippen LogP contribution in [0.4, 0.5) is 0 Å². The first-order valence-corrected chi connectivity index (χ1v) is 4.74. The van der Waals surface area contributed by atoms with Crippen LogP contribution < -0.4 is 0 Å². The normalized spacial score (nSPS) is 12.5. The highest BCUT2D eigenvalue weighted by atomic mass is 16.6. The van der Waals surface area contributed by atoms with Gasteiger partial charge in [-0.15, -0.1) is 0 Å². The molecule has 0 spiro atoms. The summed E-state index contributed by atoms with van der Waals surface area (Å²) in [6.07, 6.45) is 1.76.